The Bertz CT molecular complexity index is 662. The van der Waals surface area contributed by atoms with E-state index in [9.17, 15) is 4.79 Å². The standard InChI is InChI=1S/C14H12BrClN2O2/c1-20-13-6-8(17)2-4-10(13)14(19)18-9-3-5-12(16)11(15)7-9/h2-7H,17H2,1H3,(H,18,19). The van der Waals surface area contributed by atoms with Crippen molar-refractivity contribution in [3.63, 3.8) is 0 Å². The van der Waals surface area contributed by atoms with Crippen molar-refractivity contribution in [2.75, 3.05) is 18.2 Å². The molecule has 0 radical (unpaired) electrons. The van der Waals surface area contributed by atoms with Gasteiger partial charge in [0, 0.05) is 21.9 Å². The van der Waals surface area contributed by atoms with Gasteiger partial charge in [-0.2, -0.15) is 0 Å². The highest BCUT2D eigenvalue weighted by Crippen LogP contribution is 2.27. The summed E-state index contributed by atoms with van der Waals surface area (Å²) in [6.07, 6.45) is 0. The predicted octanol–water partition coefficient (Wildman–Crippen LogP) is 3.95. The molecule has 0 heterocycles. The summed E-state index contributed by atoms with van der Waals surface area (Å²) < 4.78 is 5.87. The van der Waals surface area contributed by atoms with Crippen molar-refractivity contribution < 1.29 is 9.53 Å². The zero-order valence-electron chi connectivity index (χ0n) is 10.6. The third-order valence-electron chi connectivity index (χ3n) is 2.65. The largest absolute Gasteiger partial charge is 0.496 e. The van der Waals surface area contributed by atoms with Crippen molar-refractivity contribution in [3.8, 4) is 5.75 Å². The van der Waals surface area contributed by atoms with Gasteiger partial charge in [-0.25, -0.2) is 0 Å². The molecule has 0 spiro atoms. The molecule has 0 aromatic heterocycles. The minimum absolute atomic E-state index is 0.281. The fourth-order valence-corrected chi connectivity index (χ4v) is 2.16. The Hall–Kier alpha value is -1.72. The number of amides is 1. The van der Waals surface area contributed by atoms with Gasteiger partial charge in [0.1, 0.15) is 5.75 Å². The smallest absolute Gasteiger partial charge is 0.259 e. The lowest BCUT2D eigenvalue weighted by Gasteiger charge is -2.10. The van der Waals surface area contributed by atoms with Gasteiger partial charge >= 0.3 is 0 Å². The van der Waals surface area contributed by atoms with Crippen LogP contribution in [0.15, 0.2) is 40.9 Å². The quantitative estimate of drug-likeness (QED) is 0.820. The number of benzene rings is 2. The van der Waals surface area contributed by atoms with Crippen LogP contribution in [0.3, 0.4) is 0 Å². The molecule has 1 amide bonds. The number of hydrogen-bond donors (Lipinski definition) is 2. The van der Waals surface area contributed by atoms with Crippen molar-refractivity contribution >= 4 is 44.8 Å². The molecule has 2 aromatic carbocycles. The van der Waals surface area contributed by atoms with Gasteiger partial charge in [-0.1, -0.05) is 11.6 Å². The number of nitrogens with one attached hydrogen (secondary N) is 1. The number of anilines is 2. The second kappa shape index (κ2) is 6.15. The maximum atomic E-state index is 12.2. The van der Waals surface area contributed by atoms with Crippen LogP contribution in [0.5, 0.6) is 5.75 Å². The minimum atomic E-state index is -0.281. The van der Waals surface area contributed by atoms with Gasteiger partial charge in [-0.15, -0.1) is 0 Å². The van der Waals surface area contributed by atoms with E-state index in [0.29, 0.717) is 32.2 Å². The Kier molecular flexibility index (Phi) is 4.52. The zero-order chi connectivity index (χ0) is 14.7. The molecule has 4 nitrogen and oxygen atoms in total. The van der Waals surface area contributed by atoms with Gasteiger partial charge in [-0.05, 0) is 46.3 Å². The molecule has 0 bridgehead atoms. The number of nitrogens with two attached hydrogens (primary N) is 1. The van der Waals surface area contributed by atoms with Gasteiger partial charge in [-0.3, -0.25) is 4.79 Å². The van der Waals surface area contributed by atoms with E-state index in [0.717, 1.165) is 0 Å². The highest BCUT2D eigenvalue weighted by Gasteiger charge is 2.13. The third-order valence-corrected chi connectivity index (χ3v) is 3.86. The molecule has 2 rings (SSSR count). The molecule has 0 saturated carbocycles. The van der Waals surface area contributed by atoms with E-state index in [1.54, 1.807) is 36.4 Å². The van der Waals surface area contributed by atoms with Gasteiger partial charge in [0.15, 0.2) is 0 Å². The van der Waals surface area contributed by atoms with E-state index in [2.05, 4.69) is 21.2 Å². The van der Waals surface area contributed by atoms with Crippen LogP contribution in [0.4, 0.5) is 11.4 Å². The van der Waals surface area contributed by atoms with Crippen LogP contribution >= 0.6 is 27.5 Å². The van der Waals surface area contributed by atoms with Gasteiger partial charge in [0.25, 0.3) is 5.91 Å². The van der Waals surface area contributed by atoms with E-state index in [-0.39, 0.29) is 5.91 Å². The summed E-state index contributed by atoms with van der Waals surface area (Å²) in [5, 5.41) is 3.35. The maximum Gasteiger partial charge on any atom is 0.259 e. The van der Waals surface area contributed by atoms with E-state index >= 15 is 0 Å². The Balaban J connectivity index is 2.25. The van der Waals surface area contributed by atoms with Gasteiger partial charge in [0.05, 0.1) is 17.7 Å². The second-order valence-corrected chi connectivity index (χ2v) is 5.30. The van der Waals surface area contributed by atoms with Crippen molar-refractivity contribution in [1.29, 1.82) is 0 Å². The first kappa shape index (κ1) is 14.7. The number of hydrogen-bond acceptors (Lipinski definition) is 3. The van der Waals surface area contributed by atoms with E-state index in [4.69, 9.17) is 22.1 Å². The van der Waals surface area contributed by atoms with Crippen LogP contribution in [0.2, 0.25) is 5.02 Å². The molecule has 0 atom stereocenters. The fraction of sp³-hybridized carbons (Fsp3) is 0.0714. The summed E-state index contributed by atoms with van der Waals surface area (Å²) >= 11 is 9.21. The van der Waals surface area contributed by atoms with Crippen LogP contribution in [-0.2, 0) is 0 Å². The molecule has 0 aliphatic heterocycles. The first-order valence-corrected chi connectivity index (χ1v) is 6.88. The summed E-state index contributed by atoms with van der Waals surface area (Å²) in [5.41, 5.74) is 7.23. The average Bonchev–Trinajstić information content (AvgIpc) is 2.42. The van der Waals surface area contributed by atoms with Crippen molar-refractivity contribution in [2.24, 2.45) is 0 Å². The first-order chi connectivity index (χ1) is 9.51. The molecule has 2 aromatic rings. The van der Waals surface area contributed by atoms with Crippen LogP contribution in [0.1, 0.15) is 10.4 Å². The summed E-state index contributed by atoms with van der Waals surface area (Å²) in [6.45, 7) is 0. The number of carbonyl (C=O) groups is 1. The number of nitrogen functional groups attached to an aromatic ring is 1. The normalized spacial score (nSPS) is 10.2. The molecular formula is C14H12BrClN2O2. The Morgan fingerprint density at radius 1 is 1.30 bits per heavy atom. The lowest BCUT2D eigenvalue weighted by Crippen LogP contribution is -2.13. The molecule has 20 heavy (non-hydrogen) atoms. The molecule has 0 unspecified atom stereocenters. The number of methoxy groups -OCH3 is 1. The molecule has 0 saturated heterocycles. The molecular weight excluding hydrogens is 344 g/mol. The van der Waals surface area contributed by atoms with Crippen LogP contribution in [0.25, 0.3) is 0 Å². The molecule has 104 valence electrons. The molecule has 0 aliphatic rings. The number of ether oxygens (including phenoxy) is 1. The van der Waals surface area contributed by atoms with Gasteiger partial charge < -0.3 is 15.8 Å². The molecule has 0 fully saturated rings. The van der Waals surface area contributed by atoms with Crippen molar-refractivity contribution in [1.82, 2.24) is 0 Å². The van der Waals surface area contributed by atoms with Crippen LogP contribution < -0.4 is 15.8 Å². The van der Waals surface area contributed by atoms with E-state index < -0.39 is 0 Å². The average molecular weight is 356 g/mol. The monoisotopic (exact) mass is 354 g/mol. The summed E-state index contributed by atoms with van der Waals surface area (Å²) in [6, 6.07) is 10.0. The molecule has 6 heteroatoms. The number of halogens is 2. The number of carbonyl (C=O) groups excluding carboxylic acids is 1. The third kappa shape index (κ3) is 3.23. The van der Waals surface area contributed by atoms with E-state index in [1.807, 2.05) is 0 Å². The van der Waals surface area contributed by atoms with Crippen LogP contribution in [-0.4, -0.2) is 13.0 Å². The van der Waals surface area contributed by atoms with Crippen LogP contribution in [0, 0.1) is 0 Å². The lowest BCUT2D eigenvalue weighted by atomic mass is 10.1. The van der Waals surface area contributed by atoms with Crippen molar-refractivity contribution in [2.45, 2.75) is 0 Å². The Labute approximate surface area is 130 Å². The topological polar surface area (TPSA) is 64.3 Å². The fourth-order valence-electron chi connectivity index (χ4n) is 1.67. The summed E-state index contributed by atoms with van der Waals surface area (Å²) in [4.78, 5) is 12.2. The Morgan fingerprint density at radius 2 is 2.05 bits per heavy atom. The second-order valence-electron chi connectivity index (χ2n) is 4.04. The van der Waals surface area contributed by atoms with E-state index in [1.165, 1.54) is 7.11 Å². The highest BCUT2D eigenvalue weighted by molar-refractivity contribution is 9.10. The summed E-state index contributed by atoms with van der Waals surface area (Å²) in [5.74, 6) is 0.145. The zero-order valence-corrected chi connectivity index (χ0v) is 13.0. The van der Waals surface area contributed by atoms with Gasteiger partial charge in [0.2, 0.25) is 0 Å². The summed E-state index contributed by atoms with van der Waals surface area (Å²) in [7, 11) is 1.49. The molecule has 0 aliphatic carbocycles. The van der Waals surface area contributed by atoms with Crippen molar-refractivity contribution in [3.05, 3.63) is 51.5 Å². The minimum Gasteiger partial charge on any atom is -0.496 e. The lowest BCUT2D eigenvalue weighted by molar-refractivity contribution is 0.102. The maximum absolute atomic E-state index is 12.2. The highest BCUT2D eigenvalue weighted by atomic mass is 79.9. The molecule has 3 N–H and O–H groups in total. The predicted molar refractivity (Wildman–Crippen MR) is 84.5 cm³/mol. The first-order valence-electron chi connectivity index (χ1n) is 5.71. The number of rotatable bonds is 3. The Morgan fingerprint density at radius 3 is 2.70 bits per heavy atom. The SMILES string of the molecule is COc1cc(N)ccc1C(=O)Nc1ccc(Cl)c(Br)c1.